The zero-order valence-corrected chi connectivity index (χ0v) is 11.9. The van der Waals surface area contributed by atoms with Gasteiger partial charge in [0.15, 0.2) is 0 Å². The summed E-state index contributed by atoms with van der Waals surface area (Å²) in [5.74, 6) is 0.829. The predicted molar refractivity (Wildman–Crippen MR) is 69.8 cm³/mol. The Balaban J connectivity index is 2.11. The SMILES string of the molecule is COc1c(CNC2(C)CCOC2C)c(C)nn1C. The second kappa shape index (κ2) is 4.90. The molecular formula is C13H23N3O2. The van der Waals surface area contributed by atoms with Crippen LogP contribution in [0.15, 0.2) is 0 Å². The van der Waals surface area contributed by atoms with E-state index in [-0.39, 0.29) is 11.6 Å². The molecule has 2 rings (SSSR count). The van der Waals surface area contributed by atoms with Gasteiger partial charge in [0.25, 0.3) is 0 Å². The van der Waals surface area contributed by atoms with Gasteiger partial charge in [-0.05, 0) is 27.2 Å². The summed E-state index contributed by atoms with van der Waals surface area (Å²) >= 11 is 0. The first-order valence-electron chi connectivity index (χ1n) is 6.41. The molecule has 1 aromatic rings. The van der Waals surface area contributed by atoms with E-state index in [1.54, 1.807) is 11.8 Å². The van der Waals surface area contributed by atoms with Crippen LogP contribution in [0.1, 0.15) is 31.5 Å². The van der Waals surface area contributed by atoms with Crippen molar-refractivity contribution < 1.29 is 9.47 Å². The fraction of sp³-hybridized carbons (Fsp3) is 0.769. The number of nitrogens with zero attached hydrogens (tertiary/aromatic N) is 2. The molecule has 0 amide bonds. The van der Waals surface area contributed by atoms with Crippen LogP contribution in [0.5, 0.6) is 5.88 Å². The molecule has 0 aliphatic carbocycles. The number of nitrogens with one attached hydrogen (secondary N) is 1. The van der Waals surface area contributed by atoms with Gasteiger partial charge in [-0.2, -0.15) is 5.10 Å². The van der Waals surface area contributed by atoms with E-state index >= 15 is 0 Å². The maximum absolute atomic E-state index is 5.63. The van der Waals surface area contributed by atoms with Crippen molar-refractivity contribution in [2.24, 2.45) is 7.05 Å². The smallest absolute Gasteiger partial charge is 0.216 e. The number of rotatable bonds is 4. The van der Waals surface area contributed by atoms with Gasteiger partial charge >= 0.3 is 0 Å². The van der Waals surface area contributed by atoms with Crippen molar-refractivity contribution >= 4 is 0 Å². The molecule has 102 valence electrons. The third kappa shape index (κ3) is 2.24. The maximum atomic E-state index is 5.63. The van der Waals surface area contributed by atoms with Gasteiger partial charge in [0.2, 0.25) is 5.88 Å². The van der Waals surface area contributed by atoms with Crippen molar-refractivity contribution in [3.63, 3.8) is 0 Å². The maximum Gasteiger partial charge on any atom is 0.216 e. The molecule has 2 heterocycles. The monoisotopic (exact) mass is 253 g/mol. The first kappa shape index (κ1) is 13.4. The average molecular weight is 253 g/mol. The number of ether oxygens (including phenoxy) is 2. The molecule has 1 aliphatic heterocycles. The minimum absolute atomic E-state index is 0.0350. The molecule has 0 spiro atoms. The summed E-state index contributed by atoms with van der Waals surface area (Å²) < 4.78 is 12.8. The molecule has 0 aromatic carbocycles. The van der Waals surface area contributed by atoms with Crippen molar-refractivity contribution in [3.05, 3.63) is 11.3 Å². The molecule has 1 aromatic heterocycles. The van der Waals surface area contributed by atoms with Gasteiger partial charge in [0.05, 0.1) is 24.5 Å². The lowest BCUT2D eigenvalue weighted by Crippen LogP contribution is -2.47. The van der Waals surface area contributed by atoms with Crippen molar-refractivity contribution in [1.29, 1.82) is 0 Å². The average Bonchev–Trinajstić information content (AvgIpc) is 2.78. The van der Waals surface area contributed by atoms with Gasteiger partial charge < -0.3 is 14.8 Å². The van der Waals surface area contributed by atoms with E-state index in [0.29, 0.717) is 0 Å². The van der Waals surface area contributed by atoms with Gasteiger partial charge in [0, 0.05) is 25.7 Å². The van der Waals surface area contributed by atoms with Gasteiger partial charge in [-0.3, -0.25) is 0 Å². The molecule has 18 heavy (non-hydrogen) atoms. The van der Waals surface area contributed by atoms with Crippen LogP contribution in [0.25, 0.3) is 0 Å². The Morgan fingerprint density at radius 3 is 2.89 bits per heavy atom. The molecule has 2 atom stereocenters. The van der Waals surface area contributed by atoms with Crippen LogP contribution in [0.2, 0.25) is 0 Å². The summed E-state index contributed by atoms with van der Waals surface area (Å²) in [6, 6.07) is 0. The van der Waals surface area contributed by atoms with Crippen LogP contribution in [0.4, 0.5) is 0 Å². The first-order valence-corrected chi connectivity index (χ1v) is 6.41. The van der Waals surface area contributed by atoms with Gasteiger partial charge in [0.1, 0.15) is 0 Å². The standard InChI is InChI=1S/C13H23N3O2/c1-9-11(12(17-5)16(4)15-9)8-14-13(3)6-7-18-10(13)2/h10,14H,6-8H2,1-5H3. The number of aromatic nitrogens is 2. The molecular weight excluding hydrogens is 230 g/mol. The van der Waals surface area contributed by atoms with E-state index in [2.05, 4.69) is 24.3 Å². The Hall–Kier alpha value is -1.07. The lowest BCUT2D eigenvalue weighted by atomic mass is 9.94. The molecule has 2 unspecified atom stereocenters. The molecule has 1 saturated heterocycles. The zero-order chi connectivity index (χ0) is 13.3. The largest absolute Gasteiger partial charge is 0.481 e. The highest BCUT2D eigenvalue weighted by molar-refractivity contribution is 5.31. The van der Waals surface area contributed by atoms with Gasteiger partial charge in [-0.25, -0.2) is 4.68 Å². The molecule has 1 aliphatic rings. The quantitative estimate of drug-likeness (QED) is 0.881. The molecule has 0 bridgehead atoms. The Labute approximate surface area is 108 Å². The highest BCUT2D eigenvalue weighted by Gasteiger charge is 2.36. The van der Waals surface area contributed by atoms with Crippen LogP contribution in [0, 0.1) is 6.92 Å². The highest BCUT2D eigenvalue weighted by Crippen LogP contribution is 2.27. The van der Waals surface area contributed by atoms with E-state index in [1.165, 1.54) is 0 Å². The van der Waals surface area contributed by atoms with Crippen LogP contribution in [0.3, 0.4) is 0 Å². The van der Waals surface area contributed by atoms with Crippen molar-refractivity contribution in [2.45, 2.75) is 45.4 Å². The third-order valence-electron chi connectivity index (χ3n) is 4.04. The normalized spacial score (nSPS) is 27.7. The van der Waals surface area contributed by atoms with E-state index in [4.69, 9.17) is 9.47 Å². The number of hydrogen-bond donors (Lipinski definition) is 1. The molecule has 5 nitrogen and oxygen atoms in total. The van der Waals surface area contributed by atoms with Crippen LogP contribution in [-0.4, -0.2) is 35.1 Å². The second-order valence-electron chi connectivity index (χ2n) is 5.23. The van der Waals surface area contributed by atoms with Crippen LogP contribution < -0.4 is 10.1 Å². The predicted octanol–water partition coefficient (Wildman–Crippen LogP) is 1.39. The summed E-state index contributed by atoms with van der Waals surface area (Å²) in [6.07, 6.45) is 1.27. The summed E-state index contributed by atoms with van der Waals surface area (Å²) in [5, 5.41) is 7.98. The van der Waals surface area contributed by atoms with Crippen molar-refractivity contribution in [3.8, 4) is 5.88 Å². The van der Waals surface area contributed by atoms with Crippen LogP contribution >= 0.6 is 0 Å². The number of hydrogen-bond acceptors (Lipinski definition) is 4. The van der Waals surface area contributed by atoms with Gasteiger partial charge in [-0.15, -0.1) is 0 Å². The molecule has 0 radical (unpaired) electrons. The Morgan fingerprint density at radius 1 is 1.61 bits per heavy atom. The molecule has 0 saturated carbocycles. The Bertz CT molecular complexity index is 430. The third-order valence-corrected chi connectivity index (χ3v) is 4.04. The van der Waals surface area contributed by atoms with E-state index in [0.717, 1.165) is 36.7 Å². The molecule has 1 fully saturated rings. The lowest BCUT2D eigenvalue weighted by Gasteiger charge is -2.29. The first-order chi connectivity index (χ1) is 8.48. The van der Waals surface area contributed by atoms with E-state index in [1.807, 2.05) is 14.0 Å². The van der Waals surface area contributed by atoms with Crippen molar-refractivity contribution in [2.75, 3.05) is 13.7 Å². The summed E-state index contributed by atoms with van der Waals surface area (Å²) in [6.45, 7) is 7.92. The molecule has 5 heteroatoms. The zero-order valence-electron chi connectivity index (χ0n) is 11.9. The van der Waals surface area contributed by atoms with E-state index < -0.39 is 0 Å². The van der Waals surface area contributed by atoms with E-state index in [9.17, 15) is 0 Å². The summed E-state index contributed by atoms with van der Waals surface area (Å²) in [5.41, 5.74) is 2.17. The summed E-state index contributed by atoms with van der Waals surface area (Å²) in [4.78, 5) is 0. The highest BCUT2D eigenvalue weighted by atomic mass is 16.5. The van der Waals surface area contributed by atoms with Gasteiger partial charge in [-0.1, -0.05) is 0 Å². The summed E-state index contributed by atoms with van der Waals surface area (Å²) in [7, 11) is 3.58. The Morgan fingerprint density at radius 2 is 2.33 bits per heavy atom. The fourth-order valence-electron chi connectivity index (χ4n) is 2.50. The second-order valence-corrected chi connectivity index (χ2v) is 5.23. The number of methoxy groups -OCH3 is 1. The van der Waals surface area contributed by atoms with Crippen LogP contribution in [-0.2, 0) is 18.3 Å². The Kier molecular flexibility index (Phi) is 3.64. The lowest BCUT2D eigenvalue weighted by molar-refractivity contribution is 0.0880. The fourth-order valence-corrected chi connectivity index (χ4v) is 2.50. The number of aryl methyl sites for hydroxylation is 2. The molecule has 1 N–H and O–H groups in total. The van der Waals surface area contributed by atoms with Crippen molar-refractivity contribution in [1.82, 2.24) is 15.1 Å². The minimum atomic E-state index is 0.0350. The topological polar surface area (TPSA) is 48.3 Å². The minimum Gasteiger partial charge on any atom is -0.481 e.